The number of alkyl halides is 3. The molecule has 0 aromatic carbocycles. The fraction of sp³-hybridized carbons (Fsp3) is 0.615. The fourth-order valence-corrected chi connectivity index (χ4v) is 2.86. The Morgan fingerprint density at radius 1 is 1.19 bits per heavy atom. The van der Waals surface area contributed by atoms with E-state index in [1.165, 1.54) is 12.1 Å². The molecule has 0 aliphatic heterocycles. The van der Waals surface area contributed by atoms with Crippen LogP contribution >= 0.6 is 0 Å². The standard InChI is InChI=1S/C13H16F3NO3S/c1-9-2-4-10(5-3-9)12-7-6-11(8-17-12)20-21(18,19)13(14,15)16/h6-10H,2-5H2,1H3. The molecule has 1 fully saturated rings. The van der Waals surface area contributed by atoms with Crippen LogP contribution in [0.4, 0.5) is 13.2 Å². The van der Waals surface area contributed by atoms with Gasteiger partial charge in [0.15, 0.2) is 5.75 Å². The fourth-order valence-electron chi connectivity index (χ4n) is 2.41. The van der Waals surface area contributed by atoms with E-state index in [1.54, 1.807) is 0 Å². The van der Waals surface area contributed by atoms with Gasteiger partial charge in [0.1, 0.15) is 0 Å². The van der Waals surface area contributed by atoms with Gasteiger partial charge in [-0.05, 0) is 30.9 Å². The molecule has 118 valence electrons. The summed E-state index contributed by atoms with van der Waals surface area (Å²) < 4.78 is 62.3. The van der Waals surface area contributed by atoms with Crippen molar-refractivity contribution in [3.8, 4) is 5.75 Å². The number of rotatable bonds is 3. The van der Waals surface area contributed by atoms with Gasteiger partial charge in [-0.15, -0.1) is 0 Å². The van der Waals surface area contributed by atoms with Gasteiger partial charge in [0.05, 0.1) is 6.20 Å². The van der Waals surface area contributed by atoms with E-state index in [0.717, 1.165) is 37.6 Å². The van der Waals surface area contributed by atoms with E-state index in [4.69, 9.17) is 0 Å². The highest BCUT2D eigenvalue weighted by atomic mass is 32.2. The maximum atomic E-state index is 12.2. The Kier molecular flexibility index (Phi) is 4.46. The Labute approximate surface area is 121 Å². The first-order valence-corrected chi connectivity index (χ1v) is 8.06. The van der Waals surface area contributed by atoms with Crippen LogP contribution < -0.4 is 4.18 Å². The van der Waals surface area contributed by atoms with Crippen LogP contribution in [0.2, 0.25) is 0 Å². The summed E-state index contributed by atoms with van der Waals surface area (Å²) in [5, 5.41) is 0. The number of aromatic nitrogens is 1. The molecule has 0 bridgehead atoms. The van der Waals surface area contributed by atoms with Gasteiger partial charge in [0.2, 0.25) is 0 Å². The molecule has 21 heavy (non-hydrogen) atoms. The summed E-state index contributed by atoms with van der Waals surface area (Å²) in [6.45, 7) is 2.18. The second-order valence-corrected chi connectivity index (χ2v) is 6.90. The second-order valence-electron chi connectivity index (χ2n) is 5.36. The highest BCUT2D eigenvalue weighted by Crippen LogP contribution is 2.35. The number of hydrogen-bond donors (Lipinski definition) is 0. The van der Waals surface area contributed by atoms with Crippen LogP contribution in [0.3, 0.4) is 0 Å². The Morgan fingerprint density at radius 2 is 1.81 bits per heavy atom. The van der Waals surface area contributed by atoms with E-state index >= 15 is 0 Å². The van der Waals surface area contributed by atoms with E-state index in [1.807, 2.05) is 0 Å². The van der Waals surface area contributed by atoms with Gasteiger partial charge in [-0.2, -0.15) is 21.6 Å². The lowest BCUT2D eigenvalue weighted by molar-refractivity contribution is -0.0500. The molecule has 1 aliphatic carbocycles. The highest BCUT2D eigenvalue weighted by molar-refractivity contribution is 7.87. The van der Waals surface area contributed by atoms with Crippen molar-refractivity contribution in [2.24, 2.45) is 5.92 Å². The van der Waals surface area contributed by atoms with Crippen molar-refractivity contribution in [1.82, 2.24) is 4.98 Å². The minimum atomic E-state index is -5.64. The van der Waals surface area contributed by atoms with Crippen molar-refractivity contribution in [3.05, 3.63) is 24.0 Å². The summed E-state index contributed by atoms with van der Waals surface area (Å²) in [5.41, 5.74) is -4.68. The largest absolute Gasteiger partial charge is 0.534 e. The first-order valence-electron chi connectivity index (χ1n) is 6.66. The molecule has 0 saturated heterocycles. The van der Waals surface area contributed by atoms with Crippen LogP contribution in [0.1, 0.15) is 44.2 Å². The molecule has 1 heterocycles. The van der Waals surface area contributed by atoms with E-state index < -0.39 is 21.4 Å². The summed E-state index contributed by atoms with van der Waals surface area (Å²) in [6.07, 6.45) is 5.17. The molecule has 0 unspecified atom stereocenters. The zero-order chi connectivity index (χ0) is 15.7. The summed E-state index contributed by atoms with van der Waals surface area (Å²) in [5.74, 6) is 0.524. The van der Waals surface area contributed by atoms with Gasteiger partial charge >= 0.3 is 15.6 Å². The maximum absolute atomic E-state index is 12.2. The van der Waals surface area contributed by atoms with Crippen molar-refractivity contribution in [1.29, 1.82) is 0 Å². The van der Waals surface area contributed by atoms with E-state index in [-0.39, 0.29) is 5.92 Å². The molecule has 1 saturated carbocycles. The van der Waals surface area contributed by atoms with Gasteiger partial charge in [-0.1, -0.05) is 19.8 Å². The van der Waals surface area contributed by atoms with Crippen LogP contribution in [0.15, 0.2) is 18.3 Å². The van der Waals surface area contributed by atoms with Crippen LogP contribution in [0, 0.1) is 5.92 Å². The normalized spacial score (nSPS) is 23.8. The summed E-state index contributed by atoms with van der Waals surface area (Å²) in [7, 11) is -5.64. The maximum Gasteiger partial charge on any atom is 0.534 e. The molecule has 0 amide bonds. The third-order valence-corrected chi connectivity index (χ3v) is 4.66. The molecule has 8 heteroatoms. The predicted octanol–water partition coefficient (Wildman–Crippen LogP) is 3.60. The number of nitrogens with zero attached hydrogens (tertiary/aromatic N) is 1. The van der Waals surface area contributed by atoms with E-state index in [9.17, 15) is 21.6 Å². The molecule has 0 N–H and O–H groups in total. The lowest BCUT2D eigenvalue weighted by Crippen LogP contribution is -2.28. The van der Waals surface area contributed by atoms with E-state index in [0.29, 0.717) is 5.92 Å². The molecule has 1 aromatic rings. The Hall–Kier alpha value is -1.31. The lowest BCUT2D eigenvalue weighted by Gasteiger charge is -2.25. The van der Waals surface area contributed by atoms with Gasteiger partial charge in [0, 0.05) is 11.6 Å². The molecule has 0 spiro atoms. The van der Waals surface area contributed by atoms with Gasteiger partial charge in [-0.3, -0.25) is 4.98 Å². The molecular weight excluding hydrogens is 307 g/mol. The summed E-state index contributed by atoms with van der Waals surface area (Å²) in [4.78, 5) is 4.04. The quantitative estimate of drug-likeness (QED) is 0.630. The van der Waals surface area contributed by atoms with Crippen molar-refractivity contribution in [2.75, 3.05) is 0 Å². The van der Waals surface area contributed by atoms with E-state index in [2.05, 4.69) is 16.1 Å². The zero-order valence-corrected chi connectivity index (χ0v) is 12.2. The predicted molar refractivity (Wildman–Crippen MR) is 70.2 cm³/mol. The van der Waals surface area contributed by atoms with Crippen molar-refractivity contribution in [2.45, 2.75) is 44.0 Å². The Morgan fingerprint density at radius 3 is 2.29 bits per heavy atom. The first kappa shape index (κ1) is 16.1. The summed E-state index contributed by atoms with van der Waals surface area (Å²) in [6, 6.07) is 2.74. The van der Waals surface area contributed by atoms with Crippen LogP contribution in [-0.4, -0.2) is 18.9 Å². The zero-order valence-electron chi connectivity index (χ0n) is 11.4. The molecule has 0 radical (unpaired) electrons. The Balaban J connectivity index is 2.06. The van der Waals surface area contributed by atoms with Crippen molar-refractivity contribution in [3.63, 3.8) is 0 Å². The minimum Gasteiger partial charge on any atom is -0.374 e. The van der Waals surface area contributed by atoms with Crippen LogP contribution in [0.5, 0.6) is 5.75 Å². The molecule has 2 rings (SSSR count). The third kappa shape index (κ3) is 3.87. The smallest absolute Gasteiger partial charge is 0.374 e. The lowest BCUT2D eigenvalue weighted by atomic mass is 9.81. The minimum absolute atomic E-state index is 0.273. The highest BCUT2D eigenvalue weighted by Gasteiger charge is 2.48. The monoisotopic (exact) mass is 323 g/mol. The molecule has 1 aromatic heterocycles. The van der Waals surface area contributed by atoms with Crippen LogP contribution in [-0.2, 0) is 10.1 Å². The third-order valence-electron chi connectivity index (χ3n) is 3.68. The molecule has 1 aliphatic rings. The van der Waals surface area contributed by atoms with Gasteiger partial charge in [-0.25, -0.2) is 0 Å². The second kappa shape index (κ2) is 5.82. The number of hydrogen-bond acceptors (Lipinski definition) is 4. The average molecular weight is 323 g/mol. The Bertz CT molecular complexity index is 576. The topological polar surface area (TPSA) is 56.3 Å². The summed E-state index contributed by atoms with van der Waals surface area (Å²) >= 11 is 0. The first-order chi connectivity index (χ1) is 9.69. The molecular formula is C13H16F3NO3S. The van der Waals surface area contributed by atoms with Crippen LogP contribution in [0.25, 0.3) is 0 Å². The van der Waals surface area contributed by atoms with Gasteiger partial charge < -0.3 is 4.18 Å². The number of halogens is 3. The SMILES string of the molecule is CC1CCC(c2ccc(OS(=O)(=O)C(F)(F)F)cn2)CC1. The number of pyridine rings is 1. The molecule has 0 atom stereocenters. The van der Waals surface area contributed by atoms with Crippen molar-refractivity contribution >= 4 is 10.1 Å². The average Bonchev–Trinajstić information content (AvgIpc) is 2.39. The molecule has 4 nitrogen and oxygen atoms in total. The van der Waals surface area contributed by atoms with Crippen molar-refractivity contribution < 1.29 is 25.8 Å². The van der Waals surface area contributed by atoms with Gasteiger partial charge in [0.25, 0.3) is 0 Å².